The van der Waals surface area contributed by atoms with E-state index in [4.69, 9.17) is 0 Å². The zero-order chi connectivity index (χ0) is 10.2. The van der Waals surface area contributed by atoms with Gasteiger partial charge in [-0.15, -0.1) is 0 Å². The lowest BCUT2D eigenvalue weighted by atomic mass is 10.3. The van der Waals surface area contributed by atoms with Gasteiger partial charge in [-0.1, -0.05) is 0 Å². The highest BCUT2D eigenvalue weighted by atomic mass is 32.2. The molecule has 0 spiro atoms. The zero-order valence-electron chi connectivity index (χ0n) is 7.46. The molecule has 1 aliphatic rings. The van der Waals surface area contributed by atoms with Crippen LogP contribution in [0.15, 0.2) is 12.4 Å². The quantitative estimate of drug-likeness (QED) is 0.652. The highest BCUT2D eigenvalue weighted by molar-refractivity contribution is 7.91. The van der Waals surface area contributed by atoms with Crippen LogP contribution in [-0.4, -0.2) is 36.0 Å². The number of sulfone groups is 1. The second-order valence-corrected chi connectivity index (χ2v) is 5.66. The van der Waals surface area contributed by atoms with Gasteiger partial charge < -0.3 is 0 Å². The molecular formula is C8H10N2O3S. The van der Waals surface area contributed by atoms with Crippen molar-refractivity contribution in [3.63, 3.8) is 0 Å². The number of hydrogen-bond donors (Lipinski definition) is 0. The van der Waals surface area contributed by atoms with Crippen LogP contribution in [0.1, 0.15) is 22.8 Å². The van der Waals surface area contributed by atoms with Crippen LogP contribution < -0.4 is 0 Å². The molecule has 5 nitrogen and oxygen atoms in total. The minimum atomic E-state index is -2.89. The van der Waals surface area contributed by atoms with E-state index in [0.29, 0.717) is 18.3 Å². The molecule has 0 amide bonds. The summed E-state index contributed by atoms with van der Waals surface area (Å²) in [6, 6.07) is -0.103. The van der Waals surface area contributed by atoms with Gasteiger partial charge >= 0.3 is 0 Å². The third kappa shape index (κ3) is 1.70. The fraction of sp³-hybridized carbons (Fsp3) is 0.500. The Bertz CT molecular complexity index is 449. The molecule has 2 heterocycles. The maximum atomic E-state index is 11.2. The van der Waals surface area contributed by atoms with Gasteiger partial charge in [-0.25, -0.2) is 8.42 Å². The molecule has 1 aromatic heterocycles. The minimum absolute atomic E-state index is 0.103. The first-order valence-corrected chi connectivity index (χ1v) is 6.12. The van der Waals surface area contributed by atoms with Crippen molar-refractivity contribution in [3.8, 4) is 0 Å². The summed E-state index contributed by atoms with van der Waals surface area (Å²) in [5.41, 5.74) is 0.481. The van der Waals surface area contributed by atoms with E-state index in [0.717, 1.165) is 0 Å². The van der Waals surface area contributed by atoms with Crippen LogP contribution in [0.5, 0.6) is 0 Å². The number of aromatic nitrogens is 2. The molecule has 76 valence electrons. The van der Waals surface area contributed by atoms with Crippen molar-refractivity contribution in [2.45, 2.75) is 12.5 Å². The summed E-state index contributed by atoms with van der Waals surface area (Å²) >= 11 is 0. The van der Waals surface area contributed by atoms with E-state index in [1.165, 1.54) is 6.20 Å². The average molecular weight is 214 g/mol. The summed E-state index contributed by atoms with van der Waals surface area (Å²) in [6.07, 6.45) is 4.31. The molecule has 1 saturated heterocycles. The first kappa shape index (κ1) is 9.39. The smallest absolute Gasteiger partial charge is 0.153 e. The molecule has 0 aromatic carbocycles. The molecule has 0 N–H and O–H groups in total. The van der Waals surface area contributed by atoms with Gasteiger partial charge in [0, 0.05) is 6.20 Å². The van der Waals surface area contributed by atoms with Gasteiger partial charge in [0.1, 0.15) is 0 Å². The lowest BCUT2D eigenvalue weighted by Crippen LogP contribution is -2.11. The monoisotopic (exact) mass is 214 g/mol. The molecule has 0 bridgehead atoms. The topological polar surface area (TPSA) is 69.0 Å². The molecule has 1 aliphatic heterocycles. The predicted octanol–water partition coefficient (Wildman–Crippen LogP) is 0.0552. The molecule has 1 atom stereocenters. The molecule has 1 unspecified atom stereocenters. The number of aldehydes is 1. The highest BCUT2D eigenvalue weighted by Crippen LogP contribution is 2.22. The van der Waals surface area contributed by atoms with Crippen LogP contribution in [0.4, 0.5) is 0 Å². The summed E-state index contributed by atoms with van der Waals surface area (Å²) in [5, 5.41) is 3.96. The third-order valence-electron chi connectivity index (χ3n) is 2.34. The van der Waals surface area contributed by atoms with Gasteiger partial charge in [-0.3, -0.25) is 9.48 Å². The SMILES string of the molecule is O=Cc1cnn(C2CCS(=O)(=O)C2)c1. The van der Waals surface area contributed by atoms with Crippen LogP contribution >= 0.6 is 0 Å². The highest BCUT2D eigenvalue weighted by Gasteiger charge is 2.29. The summed E-state index contributed by atoms with van der Waals surface area (Å²) in [4.78, 5) is 10.4. The van der Waals surface area contributed by atoms with Crippen molar-refractivity contribution < 1.29 is 13.2 Å². The van der Waals surface area contributed by atoms with Crippen LogP contribution in [0.3, 0.4) is 0 Å². The van der Waals surface area contributed by atoms with Gasteiger partial charge in [-0.05, 0) is 6.42 Å². The molecule has 6 heteroatoms. The van der Waals surface area contributed by atoms with Crippen LogP contribution in [-0.2, 0) is 9.84 Å². The Balaban J connectivity index is 2.21. The maximum Gasteiger partial charge on any atom is 0.153 e. The lowest BCUT2D eigenvalue weighted by molar-refractivity contribution is 0.112. The molecule has 0 radical (unpaired) electrons. The second kappa shape index (κ2) is 3.20. The van der Waals surface area contributed by atoms with Gasteiger partial charge in [0.15, 0.2) is 16.1 Å². The summed E-state index contributed by atoms with van der Waals surface area (Å²) in [6.45, 7) is 0. The van der Waals surface area contributed by atoms with E-state index in [1.807, 2.05) is 0 Å². The molecule has 2 rings (SSSR count). The first-order chi connectivity index (χ1) is 6.61. The second-order valence-electron chi connectivity index (χ2n) is 3.43. The van der Waals surface area contributed by atoms with Crippen LogP contribution in [0, 0.1) is 0 Å². The Hall–Kier alpha value is -1.17. The fourth-order valence-corrected chi connectivity index (χ4v) is 3.30. The molecular weight excluding hydrogens is 204 g/mol. The number of nitrogens with zero attached hydrogens (tertiary/aromatic N) is 2. The maximum absolute atomic E-state index is 11.2. The van der Waals surface area contributed by atoms with Crippen molar-refractivity contribution in [2.24, 2.45) is 0 Å². The van der Waals surface area contributed by atoms with E-state index >= 15 is 0 Å². The van der Waals surface area contributed by atoms with E-state index in [1.54, 1.807) is 10.9 Å². The van der Waals surface area contributed by atoms with Crippen molar-refractivity contribution in [3.05, 3.63) is 18.0 Å². The van der Waals surface area contributed by atoms with Crippen molar-refractivity contribution in [1.29, 1.82) is 0 Å². The number of hydrogen-bond acceptors (Lipinski definition) is 4. The molecule has 14 heavy (non-hydrogen) atoms. The minimum Gasteiger partial charge on any atom is -0.298 e. The van der Waals surface area contributed by atoms with Gasteiger partial charge in [-0.2, -0.15) is 5.10 Å². The lowest BCUT2D eigenvalue weighted by Gasteiger charge is -2.06. The van der Waals surface area contributed by atoms with Gasteiger partial charge in [0.25, 0.3) is 0 Å². The summed E-state index contributed by atoms with van der Waals surface area (Å²) in [5.74, 6) is 0.348. The molecule has 1 fully saturated rings. The number of rotatable bonds is 2. The van der Waals surface area contributed by atoms with Gasteiger partial charge in [0.05, 0.1) is 29.3 Å². The number of carbonyl (C=O) groups excluding carboxylic acids is 1. The number of carbonyl (C=O) groups is 1. The normalized spacial score (nSPS) is 25.0. The van der Waals surface area contributed by atoms with Crippen molar-refractivity contribution >= 4 is 16.1 Å². The first-order valence-electron chi connectivity index (χ1n) is 4.30. The van der Waals surface area contributed by atoms with Crippen LogP contribution in [0.25, 0.3) is 0 Å². The van der Waals surface area contributed by atoms with E-state index in [-0.39, 0.29) is 17.5 Å². The van der Waals surface area contributed by atoms with E-state index in [9.17, 15) is 13.2 Å². The van der Waals surface area contributed by atoms with E-state index in [2.05, 4.69) is 5.10 Å². The average Bonchev–Trinajstić information content (AvgIpc) is 2.70. The Kier molecular flexibility index (Phi) is 2.14. The van der Waals surface area contributed by atoms with E-state index < -0.39 is 9.84 Å². The fourth-order valence-electron chi connectivity index (χ4n) is 1.60. The van der Waals surface area contributed by atoms with Gasteiger partial charge in [0.2, 0.25) is 0 Å². The standard InChI is InChI=1S/C8H10N2O3S/c11-5-7-3-9-10(4-7)8-1-2-14(12,13)6-8/h3-5,8H,1-2,6H2. The molecule has 0 aliphatic carbocycles. The van der Waals surface area contributed by atoms with Crippen LogP contribution in [0.2, 0.25) is 0 Å². The third-order valence-corrected chi connectivity index (χ3v) is 4.09. The van der Waals surface area contributed by atoms with Crippen molar-refractivity contribution in [1.82, 2.24) is 9.78 Å². The molecule has 1 aromatic rings. The van der Waals surface area contributed by atoms with Crippen molar-refractivity contribution in [2.75, 3.05) is 11.5 Å². The largest absolute Gasteiger partial charge is 0.298 e. The Morgan fingerprint density at radius 2 is 2.36 bits per heavy atom. The Morgan fingerprint density at radius 3 is 2.86 bits per heavy atom. The summed E-state index contributed by atoms with van der Waals surface area (Å²) in [7, 11) is -2.89. The zero-order valence-corrected chi connectivity index (χ0v) is 8.27. The Labute approximate surface area is 81.6 Å². The molecule has 0 saturated carbocycles. The predicted molar refractivity (Wildman–Crippen MR) is 49.9 cm³/mol. The summed E-state index contributed by atoms with van der Waals surface area (Å²) < 4.78 is 23.9. The Morgan fingerprint density at radius 1 is 1.57 bits per heavy atom.